The van der Waals surface area contributed by atoms with E-state index in [-0.39, 0.29) is 23.1 Å². The van der Waals surface area contributed by atoms with E-state index in [0.717, 1.165) is 5.69 Å². The third kappa shape index (κ3) is 4.11. The zero-order valence-corrected chi connectivity index (χ0v) is 16.6. The molecular formula is C20H18ClFN6O2. The molecule has 1 aliphatic heterocycles. The summed E-state index contributed by atoms with van der Waals surface area (Å²) in [6.45, 7) is 2.31. The molecule has 1 aromatic heterocycles. The molecule has 2 aromatic carbocycles. The summed E-state index contributed by atoms with van der Waals surface area (Å²) in [6, 6.07) is 13.2. The van der Waals surface area contributed by atoms with Crippen LogP contribution in [0.1, 0.15) is 0 Å². The third-order valence-electron chi connectivity index (χ3n) is 4.88. The van der Waals surface area contributed by atoms with E-state index >= 15 is 0 Å². The molecule has 2 heterocycles. The molecule has 0 radical (unpaired) electrons. The second-order valence-corrected chi connectivity index (χ2v) is 7.11. The lowest BCUT2D eigenvalue weighted by molar-refractivity contribution is -0.383. The van der Waals surface area contributed by atoms with Gasteiger partial charge < -0.3 is 15.1 Å². The molecule has 0 saturated carbocycles. The minimum Gasteiger partial charge on any atom is -0.368 e. The van der Waals surface area contributed by atoms with Crippen molar-refractivity contribution < 1.29 is 9.31 Å². The van der Waals surface area contributed by atoms with Crippen LogP contribution in [0.5, 0.6) is 0 Å². The number of para-hydroxylation sites is 1. The second kappa shape index (κ2) is 8.50. The number of nitrogens with one attached hydrogen (secondary N) is 1. The van der Waals surface area contributed by atoms with Gasteiger partial charge in [0.2, 0.25) is 11.6 Å². The molecule has 0 unspecified atom stereocenters. The van der Waals surface area contributed by atoms with E-state index in [4.69, 9.17) is 11.6 Å². The molecule has 0 amide bonds. The lowest BCUT2D eigenvalue weighted by Crippen LogP contribution is -2.47. The van der Waals surface area contributed by atoms with Gasteiger partial charge in [0.05, 0.1) is 15.6 Å². The summed E-state index contributed by atoms with van der Waals surface area (Å²) in [5, 5.41) is 15.2. The predicted molar refractivity (Wildman–Crippen MR) is 114 cm³/mol. The van der Waals surface area contributed by atoms with Crippen LogP contribution < -0.4 is 15.1 Å². The highest BCUT2D eigenvalue weighted by Gasteiger charge is 2.29. The van der Waals surface area contributed by atoms with Crippen LogP contribution in [0.25, 0.3) is 0 Å². The minimum atomic E-state index is -0.485. The van der Waals surface area contributed by atoms with Gasteiger partial charge in [-0.25, -0.2) is 14.4 Å². The lowest BCUT2D eigenvalue weighted by atomic mass is 10.2. The molecule has 1 N–H and O–H groups in total. The molecular weight excluding hydrogens is 411 g/mol. The zero-order chi connectivity index (χ0) is 21.1. The van der Waals surface area contributed by atoms with E-state index in [0.29, 0.717) is 36.9 Å². The van der Waals surface area contributed by atoms with Crippen LogP contribution in [-0.4, -0.2) is 41.1 Å². The Balaban J connectivity index is 1.56. The molecule has 0 atom stereocenters. The molecule has 3 aromatic rings. The first kappa shape index (κ1) is 19.8. The topological polar surface area (TPSA) is 87.4 Å². The molecule has 1 saturated heterocycles. The van der Waals surface area contributed by atoms with E-state index in [9.17, 15) is 14.5 Å². The average molecular weight is 429 g/mol. The van der Waals surface area contributed by atoms with Gasteiger partial charge in [-0.15, -0.1) is 0 Å². The van der Waals surface area contributed by atoms with Gasteiger partial charge in [-0.1, -0.05) is 23.7 Å². The Morgan fingerprint density at radius 3 is 2.33 bits per heavy atom. The van der Waals surface area contributed by atoms with Crippen molar-refractivity contribution in [2.75, 3.05) is 41.3 Å². The molecule has 10 heteroatoms. The highest BCUT2D eigenvalue weighted by molar-refractivity contribution is 6.33. The molecule has 154 valence electrons. The fraction of sp³-hybridized carbons (Fsp3) is 0.200. The number of rotatable bonds is 5. The third-order valence-corrected chi connectivity index (χ3v) is 5.21. The van der Waals surface area contributed by atoms with E-state index in [2.05, 4.69) is 20.2 Å². The van der Waals surface area contributed by atoms with Crippen LogP contribution in [0.15, 0.2) is 54.9 Å². The molecule has 0 bridgehead atoms. The van der Waals surface area contributed by atoms with E-state index < -0.39 is 4.92 Å². The maximum atomic E-state index is 13.2. The number of hydrogen-bond acceptors (Lipinski definition) is 7. The van der Waals surface area contributed by atoms with Gasteiger partial charge in [0.25, 0.3) is 0 Å². The van der Waals surface area contributed by atoms with Gasteiger partial charge in [-0.2, -0.15) is 0 Å². The normalized spacial score (nSPS) is 13.9. The molecule has 1 fully saturated rings. The number of aromatic nitrogens is 2. The highest BCUT2D eigenvalue weighted by atomic mass is 35.5. The maximum absolute atomic E-state index is 13.2. The van der Waals surface area contributed by atoms with Gasteiger partial charge in [0, 0.05) is 31.9 Å². The highest BCUT2D eigenvalue weighted by Crippen LogP contribution is 2.35. The Morgan fingerprint density at radius 1 is 1.00 bits per heavy atom. The summed E-state index contributed by atoms with van der Waals surface area (Å²) in [4.78, 5) is 23.6. The smallest absolute Gasteiger partial charge is 0.353 e. The van der Waals surface area contributed by atoms with Gasteiger partial charge in [0.15, 0.2) is 0 Å². The van der Waals surface area contributed by atoms with Crippen LogP contribution in [0.3, 0.4) is 0 Å². The first-order valence-corrected chi connectivity index (χ1v) is 9.67. The summed E-state index contributed by atoms with van der Waals surface area (Å²) < 4.78 is 13.2. The molecule has 0 spiro atoms. The van der Waals surface area contributed by atoms with Crippen LogP contribution in [0.4, 0.5) is 33.1 Å². The van der Waals surface area contributed by atoms with E-state index in [1.165, 1.54) is 18.5 Å². The summed E-state index contributed by atoms with van der Waals surface area (Å²) in [5.74, 6) is 0.0509. The predicted octanol–water partition coefficient (Wildman–Crippen LogP) is 4.25. The fourth-order valence-electron chi connectivity index (χ4n) is 3.38. The number of nitrogens with zero attached hydrogens (tertiary/aromatic N) is 5. The van der Waals surface area contributed by atoms with Crippen LogP contribution >= 0.6 is 11.6 Å². The van der Waals surface area contributed by atoms with Crippen molar-refractivity contribution in [2.45, 2.75) is 0 Å². The van der Waals surface area contributed by atoms with Crippen LogP contribution in [0, 0.1) is 15.9 Å². The Morgan fingerprint density at radius 2 is 1.67 bits per heavy atom. The number of halogens is 2. The molecule has 0 aliphatic carbocycles. The zero-order valence-electron chi connectivity index (χ0n) is 15.8. The largest absolute Gasteiger partial charge is 0.368 e. The van der Waals surface area contributed by atoms with Crippen molar-refractivity contribution >= 4 is 40.3 Å². The number of nitro groups is 1. The van der Waals surface area contributed by atoms with Crippen molar-refractivity contribution in [1.82, 2.24) is 9.97 Å². The van der Waals surface area contributed by atoms with Gasteiger partial charge in [-0.05, 0) is 36.4 Å². The quantitative estimate of drug-likeness (QED) is 0.480. The number of hydrogen-bond donors (Lipinski definition) is 1. The molecule has 4 rings (SSSR count). The first-order chi connectivity index (χ1) is 14.5. The van der Waals surface area contributed by atoms with E-state index in [1.807, 2.05) is 4.90 Å². The van der Waals surface area contributed by atoms with Crippen LogP contribution in [-0.2, 0) is 0 Å². The lowest BCUT2D eigenvalue weighted by Gasteiger charge is -2.36. The van der Waals surface area contributed by atoms with Crippen molar-refractivity contribution in [3.05, 3.63) is 75.8 Å². The van der Waals surface area contributed by atoms with Crippen molar-refractivity contribution in [3.8, 4) is 0 Å². The Bertz CT molecular complexity index is 1060. The summed E-state index contributed by atoms with van der Waals surface area (Å²) >= 11 is 6.16. The Kier molecular flexibility index (Phi) is 5.62. The SMILES string of the molecule is O=[N+]([O-])c1c(Nc2ccccc2Cl)ncnc1N1CCN(c2ccc(F)cc2)CC1. The molecule has 30 heavy (non-hydrogen) atoms. The standard InChI is InChI=1S/C20H18ClFN6O2/c21-16-3-1-2-4-17(16)25-19-18(28(29)30)20(24-13-23-19)27-11-9-26(10-12-27)15-7-5-14(22)6-8-15/h1-8,13H,9-12H2,(H,23,24,25). The summed E-state index contributed by atoms with van der Waals surface area (Å²) in [6.07, 6.45) is 1.30. The number of benzene rings is 2. The van der Waals surface area contributed by atoms with Crippen LogP contribution in [0.2, 0.25) is 5.02 Å². The first-order valence-electron chi connectivity index (χ1n) is 9.29. The minimum absolute atomic E-state index is 0.0825. The van der Waals surface area contributed by atoms with E-state index in [1.54, 1.807) is 36.4 Å². The fourth-order valence-corrected chi connectivity index (χ4v) is 3.56. The van der Waals surface area contributed by atoms with Gasteiger partial charge in [0.1, 0.15) is 12.1 Å². The molecule has 8 nitrogen and oxygen atoms in total. The van der Waals surface area contributed by atoms with Crippen molar-refractivity contribution in [3.63, 3.8) is 0 Å². The summed E-state index contributed by atoms with van der Waals surface area (Å²) in [5.41, 5.74) is 1.23. The molecule has 1 aliphatic rings. The summed E-state index contributed by atoms with van der Waals surface area (Å²) in [7, 11) is 0. The Labute approximate surface area is 177 Å². The number of piperazine rings is 1. The monoisotopic (exact) mass is 428 g/mol. The second-order valence-electron chi connectivity index (χ2n) is 6.71. The van der Waals surface area contributed by atoms with Crippen molar-refractivity contribution in [1.29, 1.82) is 0 Å². The number of anilines is 4. The van der Waals surface area contributed by atoms with Gasteiger partial charge >= 0.3 is 5.69 Å². The van der Waals surface area contributed by atoms with Crippen molar-refractivity contribution in [2.24, 2.45) is 0 Å². The van der Waals surface area contributed by atoms with Gasteiger partial charge in [-0.3, -0.25) is 10.1 Å². The average Bonchev–Trinajstić information content (AvgIpc) is 2.76. The Hall–Kier alpha value is -3.46. The maximum Gasteiger partial charge on any atom is 0.353 e.